The van der Waals surface area contributed by atoms with Crippen molar-refractivity contribution in [3.8, 4) is 16.9 Å². The molecule has 1 aliphatic rings. The number of fused-ring (bicyclic) bond motifs is 1. The van der Waals surface area contributed by atoms with Crippen molar-refractivity contribution in [3.05, 3.63) is 52.5 Å². The lowest BCUT2D eigenvalue weighted by Gasteiger charge is -2.39. The van der Waals surface area contributed by atoms with Gasteiger partial charge in [-0.05, 0) is 35.7 Å². The number of hydrogen-bond acceptors (Lipinski definition) is 2. The zero-order valence-corrected chi connectivity index (χ0v) is 14.6. The number of nitrogens with one attached hydrogen (secondary N) is 1. The van der Waals surface area contributed by atoms with Gasteiger partial charge >= 0.3 is 6.09 Å². The van der Waals surface area contributed by atoms with E-state index >= 15 is 0 Å². The van der Waals surface area contributed by atoms with Crippen LogP contribution in [-0.4, -0.2) is 17.8 Å². The van der Waals surface area contributed by atoms with E-state index < -0.39 is 6.09 Å². The average Bonchev–Trinajstić information content (AvgIpc) is 2.52. The molecule has 126 valence electrons. The average molecular weight is 346 g/mol. The van der Waals surface area contributed by atoms with Crippen LogP contribution in [0.25, 0.3) is 11.1 Å². The van der Waals surface area contributed by atoms with Crippen molar-refractivity contribution in [1.29, 1.82) is 0 Å². The molecule has 1 amide bonds. The fraction of sp³-hybridized carbons (Fsp3) is 0.316. The van der Waals surface area contributed by atoms with Crippen LogP contribution >= 0.6 is 11.6 Å². The zero-order valence-electron chi connectivity index (χ0n) is 13.9. The first-order valence-corrected chi connectivity index (χ1v) is 8.18. The van der Waals surface area contributed by atoms with Crippen LogP contribution in [0.2, 0.25) is 5.02 Å². The Labute approximate surface area is 146 Å². The summed E-state index contributed by atoms with van der Waals surface area (Å²) in [7, 11) is 0. The van der Waals surface area contributed by atoms with E-state index in [1.54, 1.807) is 0 Å². The molecule has 2 N–H and O–H groups in total. The zero-order chi connectivity index (χ0) is 17.5. The van der Waals surface area contributed by atoms with Crippen LogP contribution in [0.5, 0.6) is 5.75 Å². The minimum absolute atomic E-state index is 0.311. The van der Waals surface area contributed by atoms with Gasteiger partial charge in [-0.15, -0.1) is 0 Å². The third-order valence-electron chi connectivity index (χ3n) is 4.48. The number of ether oxygens (including phenoxy) is 1. The summed E-state index contributed by atoms with van der Waals surface area (Å²) in [6.07, 6.45) is -1.03. The molecule has 0 radical (unpaired) electrons. The van der Waals surface area contributed by atoms with Gasteiger partial charge in [0.25, 0.3) is 0 Å². The molecule has 0 bridgehead atoms. The molecule has 0 aromatic heterocycles. The Hall–Kier alpha value is -2.20. The van der Waals surface area contributed by atoms with Gasteiger partial charge in [0.2, 0.25) is 0 Å². The van der Waals surface area contributed by atoms with E-state index in [9.17, 15) is 4.79 Å². The molecule has 2 aromatic carbocycles. The van der Waals surface area contributed by atoms with Gasteiger partial charge in [-0.3, -0.25) is 0 Å². The lowest BCUT2D eigenvalue weighted by Crippen LogP contribution is -2.43. The fourth-order valence-electron chi connectivity index (χ4n) is 3.01. The van der Waals surface area contributed by atoms with E-state index in [0.29, 0.717) is 12.4 Å². The molecular weight excluding hydrogens is 326 g/mol. The maximum Gasteiger partial charge on any atom is 0.405 e. The van der Waals surface area contributed by atoms with E-state index in [1.807, 2.05) is 57.2 Å². The fourth-order valence-corrected chi connectivity index (χ4v) is 3.20. The molecule has 1 unspecified atom stereocenters. The topological polar surface area (TPSA) is 58.6 Å². The van der Waals surface area contributed by atoms with Gasteiger partial charge in [0.1, 0.15) is 5.75 Å². The molecular formula is C19H20ClNO3. The standard InChI is InChI=1S/C19H20ClNO3/c1-11-4-5-12(8-15(11)20)13-6-7-14-16(9-13)24-10-19(2,3)17(14)21-18(22)23/h4-9,17,21H,10H2,1-3H3,(H,22,23). The minimum atomic E-state index is -1.03. The van der Waals surface area contributed by atoms with Crippen molar-refractivity contribution in [1.82, 2.24) is 5.32 Å². The third kappa shape index (κ3) is 3.06. The summed E-state index contributed by atoms with van der Waals surface area (Å²) in [5, 5.41) is 12.5. The van der Waals surface area contributed by atoms with Crippen LogP contribution in [0.3, 0.4) is 0 Å². The lowest BCUT2D eigenvalue weighted by molar-refractivity contribution is 0.0996. The summed E-state index contributed by atoms with van der Waals surface area (Å²) in [6.45, 7) is 6.39. The Morgan fingerprint density at radius 2 is 1.92 bits per heavy atom. The minimum Gasteiger partial charge on any atom is -0.493 e. The summed E-state index contributed by atoms with van der Waals surface area (Å²) in [4.78, 5) is 11.2. The summed E-state index contributed by atoms with van der Waals surface area (Å²) in [5.74, 6) is 0.710. The Morgan fingerprint density at radius 3 is 2.58 bits per heavy atom. The van der Waals surface area contributed by atoms with Gasteiger partial charge in [0.05, 0.1) is 12.6 Å². The second kappa shape index (κ2) is 6.02. The van der Waals surface area contributed by atoms with Gasteiger partial charge in [0, 0.05) is 16.0 Å². The molecule has 2 aromatic rings. The van der Waals surface area contributed by atoms with E-state index in [1.165, 1.54) is 0 Å². The highest BCUT2D eigenvalue weighted by Gasteiger charge is 2.38. The number of halogens is 1. The van der Waals surface area contributed by atoms with E-state index in [4.69, 9.17) is 21.4 Å². The van der Waals surface area contributed by atoms with Crippen LogP contribution < -0.4 is 10.1 Å². The molecule has 0 aliphatic carbocycles. The van der Waals surface area contributed by atoms with Crippen LogP contribution in [0, 0.1) is 12.3 Å². The first-order chi connectivity index (χ1) is 11.3. The molecule has 0 saturated heterocycles. The summed E-state index contributed by atoms with van der Waals surface area (Å²) in [5.41, 5.74) is 3.56. The van der Waals surface area contributed by atoms with E-state index in [0.717, 1.165) is 27.3 Å². The van der Waals surface area contributed by atoms with Crippen LogP contribution in [0.15, 0.2) is 36.4 Å². The highest BCUT2D eigenvalue weighted by molar-refractivity contribution is 6.31. The smallest absolute Gasteiger partial charge is 0.405 e. The highest BCUT2D eigenvalue weighted by Crippen LogP contribution is 2.44. The number of benzene rings is 2. The number of aryl methyl sites for hydroxylation is 1. The van der Waals surface area contributed by atoms with Crippen molar-refractivity contribution in [2.24, 2.45) is 5.41 Å². The maximum absolute atomic E-state index is 11.2. The molecule has 1 heterocycles. The van der Waals surface area contributed by atoms with Crippen LogP contribution in [0.1, 0.15) is 31.0 Å². The lowest BCUT2D eigenvalue weighted by atomic mass is 9.78. The third-order valence-corrected chi connectivity index (χ3v) is 4.89. The number of carbonyl (C=O) groups is 1. The van der Waals surface area contributed by atoms with Crippen LogP contribution in [0.4, 0.5) is 4.79 Å². The monoisotopic (exact) mass is 345 g/mol. The molecule has 1 atom stereocenters. The Kier molecular flexibility index (Phi) is 4.18. The molecule has 0 spiro atoms. The molecule has 0 saturated carbocycles. The van der Waals surface area contributed by atoms with Crippen molar-refractivity contribution in [2.75, 3.05) is 6.61 Å². The van der Waals surface area contributed by atoms with Gasteiger partial charge in [-0.1, -0.05) is 49.7 Å². The normalized spacial score (nSPS) is 18.4. The van der Waals surface area contributed by atoms with Crippen molar-refractivity contribution in [2.45, 2.75) is 26.8 Å². The first-order valence-electron chi connectivity index (χ1n) is 7.81. The quantitative estimate of drug-likeness (QED) is 0.801. The number of hydrogen-bond donors (Lipinski definition) is 2. The Morgan fingerprint density at radius 1 is 1.25 bits per heavy atom. The van der Waals surface area contributed by atoms with Crippen molar-refractivity contribution < 1.29 is 14.6 Å². The van der Waals surface area contributed by atoms with Gasteiger partial charge < -0.3 is 15.2 Å². The molecule has 4 nitrogen and oxygen atoms in total. The Bertz CT molecular complexity index is 801. The SMILES string of the molecule is Cc1ccc(-c2ccc3c(c2)OCC(C)(C)C3NC(=O)O)cc1Cl. The number of amides is 1. The van der Waals surface area contributed by atoms with Gasteiger partial charge in [-0.25, -0.2) is 4.79 Å². The number of rotatable bonds is 2. The van der Waals surface area contributed by atoms with Crippen molar-refractivity contribution in [3.63, 3.8) is 0 Å². The van der Waals surface area contributed by atoms with Crippen molar-refractivity contribution >= 4 is 17.7 Å². The van der Waals surface area contributed by atoms with Gasteiger partial charge in [0.15, 0.2) is 0 Å². The van der Waals surface area contributed by atoms with E-state index in [2.05, 4.69) is 5.32 Å². The molecule has 1 aliphatic heterocycles. The highest BCUT2D eigenvalue weighted by atomic mass is 35.5. The molecule has 5 heteroatoms. The second-order valence-electron chi connectivity index (χ2n) is 6.88. The molecule has 0 fully saturated rings. The Balaban J connectivity index is 2.02. The first kappa shape index (κ1) is 16.7. The summed E-state index contributed by atoms with van der Waals surface area (Å²) in [6, 6.07) is 11.5. The van der Waals surface area contributed by atoms with E-state index in [-0.39, 0.29) is 11.5 Å². The predicted molar refractivity (Wildman–Crippen MR) is 94.8 cm³/mol. The summed E-state index contributed by atoms with van der Waals surface area (Å²) >= 11 is 6.22. The number of carboxylic acid groups (broad SMARTS) is 1. The second-order valence-corrected chi connectivity index (χ2v) is 7.28. The summed E-state index contributed by atoms with van der Waals surface area (Å²) < 4.78 is 5.90. The molecule has 3 rings (SSSR count). The maximum atomic E-state index is 11.2. The largest absolute Gasteiger partial charge is 0.493 e. The molecule has 24 heavy (non-hydrogen) atoms. The van der Waals surface area contributed by atoms with Gasteiger partial charge in [-0.2, -0.15) is 0 Å². The predicted octanol–water partition coefficient (Wildman–Crippen LogP) is 5.04. The van der Waals surface area contributed by atoms with Crippen LogP contribution in [-0.2, 0) is 0 Å².